The van der Waals surface area contributed by atoms with Crippen molar-refractivity contribution in [3.63, 3.8) is 0 Å². The molecule has 0 aromatic heterocycles. The van der Waals surface area contributed by atoms with E-state index in [1.165, 1.54) is 45.2 Å². The molecule has 0 N–H and O–H groups in total. The number of halogens is 1. The zero-order valence-electron chi connectivity index (χ0n) is 19.3. The average Bonchev–Trinajstić information content (AvgIpc) is 2.88. The first-order chi connectivity index (χ1) is 17.0. The molecule has 0 heterocycles. The average molecular weight is 451 g/mol. The van der Waals surface area contributed by atoms with Crippen molar-refractivity contribution in [1.29, 1.82) is 5.26 Å². The molecule has 164 valence electrons. The van der Waals surface area contributed by atoms with Crippen molar-refractivity contribution < 1.29 is 4.39 Å². The molecule has 0 saturated carbocycles. The Balaban J connectivity index is 1.73. The van der Waals surface area contributed by atoms with Crippen LogP contribution in [-0.4, -0.2) is 0 Å². The first kappa shape index (κ1) is 20.8. The fourth-order valence-corrected chi connectivity index (χ4v) is 5.44. The third kappa shape index (κ3) is 2.99. The van der Waals surface area contributed by atoms with Crippen molar-refractivity contribution in [1.82, 2.24) is 0 Å². The van der Waals surface area contributed by atoms with Crippen molar-refractivity contribution in [3.05, 3.63) is 113 Å². The Morgan fingerprint density at radius 2 is 1.34 bits per heavy atom. The van der Waals surface area contributed by atoms with Crippen LogP contribution in [0.3, 0.4) is 0 Å². The second-order valence-corrected chi connectivity index (χ2v) is 9.00. The van der Waals surface area contributed by atoms with Crippen LogP contribution in [0.1, 0.15) is 16.7 Å². The van der Waals surface area contributed by atoms with E-state index in [0.29, 0.717) is 5.56 Å². The molecule has 0 spiro atoms. The van der Waals surface area contributed by atoms with Crippen molar-refractivity contribution in [2.75, 3.05) is 0 Å². The molecule has 6 rings (SSSR count). The van der Waals surface area contributed by atoms with E-state index in [0.717, 1.165) is 27.1 Å². The minimum absolute atomic E-state index is 0.114. The number of nitrogens with zero attached hydrogens (tertiary/aromatic N) is 2. The molecule has 6 aromatic rings. The summed E-state index contributed by atoms with van der Waals surface area (Å²) >= 11 is 0. The second-order valence-electron chi connectivity index (χ2n) is 9.00. The Morgan fingerprint density at radius 1 is 0.771 bits per heavy atom. The lowest BCUT2D eigenvalue weighted by Gasteiger charge is -2.18. The van der Waals surface area contributed by atoms with Crippen LogP contribution >= 0.6 is 0 Å². The summed E-state index contributed by atoms with van der Waals surface area (Å²) in [5, 5.41) is 16.2. The highest BCUT2D eigenvalue weighted by Crippen LogP contribution is 2.44. The van der Waals surface area contributed by atoms with Crippen LogP contribution in [-0.2, 0) is 0 Å². The Labute approximate surface area is 202 Å². The second kappa shape index (κ2) is 7.66. The Kier molecular flexibility index (Phi) is 4.56. The van der Waals surface area contributed by atoms with Crippen LogP contribution in [0.2, 0.25) is 0 Å². The smallest absolute Gasteiger partial charge is 0.224 e. The van der Waals surface area contributed by atoms with Crippen LogP contribution in [0.5, 0.6) is 0 Å². The molecule has 0 aliphatic heterocycles. The summed E-state index contributed by atoms with van der Waals surface area (Å²) in [7, 11) is 0. The van der Waals surface area contributed by atoms with E-state index >= 15 is 0 Å². The number of benzene rings is 6. The van der Waals surface area contributed by atoms with E-state index in [4.69, 9.17) is 6.57 Å². The highest BCUT2D eigenvalue weighted by molar-refractivity contribution is 6.27. The first-order valence-corrected chi connectivity index (χ1v) is 11.4. The number of hydrogen-bond acceptors (Lipinski definition) is 1. The normalized spacial score (nSPS) is 11.2. The molecule has 0 aliphatic rings. The standard InChI is InChI=1S/C32H19FN2/c1-18-5-4-6-19(2)29(18)26-13-9-21-8-12-25-24(11-7-20-10-14-27(26)31(21)30(20)25)22-15-23(17-34)32(33)28(16-22)35-3/h4-16H,1-2H3. The summed E-state index contributed by atoms with van der Waals surface area (Å²) in [4.78, 5) is 3.31. The van der Waals surface area contributed by atoms with Crippen LogP contribution in [0.15, 0.2) is 78.9 Å². The molecule has 0 bridgehead atoms. The van der Waals surface area contributed by atoms with Gasteiger partial charge in [0.1, 0.15) is 11.9 Å². The predicted molar refractivity (Wildman–Crippen MR) is 141 cm³/mol. The summed E-state index contributed by atoms with van der Waals surface area (Å²) in [6.07, 6.45) is 0. The summed E-state index contributed by atoms with van der Waals surface area (Å²) < 4.78 is 14.4. The minimum atomic E-state index is -0.762. The van der Waals surface area contributed by atoms with Gasteiger partial charge in [0.05, 0.1) is 12.1 Å². The molecule has 35 heavy (non-hydrogen) atoms. The van der Waals surface area contributed by atoms with Crippen molar-refractivity contribution >= 4 is 38.0 Å². The van der Waals surface area contributed by atoms with Gasteiger partial charge in [0.15, 0.2) is 0 Å². The van der Waals surface area contributed by atoms with Gasteiger partial charge < -0.3 is 0 Å². The Hall–Kier alpha value is -4.73. The maximum Gasteiger partial charge on any atom is 0.224 e. The van der Waals surface area contributed by atoms with Gasteiger partial charge in [-0.25, -0.2) is 9.24 Å². The third-order valence-electron chi connectivity index (χ3n) is 7.02. The van der Waals surface area contributed by atoms with Crippen LogP contribution in [0.25, 0.3) is 59.4 Å². The molecule has 0 amide bonds. The van der Waals surface area contributed by atoms with Gasteiger partial charge in [-0.2, -0.15) is 5.26 Å². The zero-order valence-corrected chi connectivity index (χ0v) is 19.3. The fourth-order valence-electron chi connectivity index (χ4n) is 5.44. The van der Waals surface area contributed by atoms with E-state index in [2.05, 4.69) is 79.4 Å². The lowest BCUT2D eigenvalue weighted by Crippen LogP contribution is -1.93. The van der Waals surface area contributed by atoms with Crippen molar-refractivity contribution in [2.45, 2.75) is 13.8 Å². The minimum Gasteiger partial charge on any atom is -0.235 e. The molecule has 0 unspecified atom stereocenters. The molecule has 2 nitrogen and oxygen atoms in total. The van der Waals surface area contributed by atoms with Crippen molar-refractivity contribution in [3.8, 4) is 28.3 Å². The maximum atomic E-state index is 14.4. The molecule has 0 fully saturated rings. The largest absolute Gasteiger partial charge is 0.235 e. The van der Waals surface area contributed by atoms with Gasteiger partial charge >= 0.3 is 0 Å². The van der Waals surface area contributed by atoms with Gasteiger partial charge in [-0.15, -0.1) is 0 Å². The predicted octanol–water partition coefficient (Wildman–Crippen LogP) is 9.10. The van der Waals surface area contributed by atoms with E-state index in [1.54, 1.807) is 0 Å². The monoisotopic (exact) mass is 450 g/mol. The third-order valence-corrected chi connectivity index (χ3v) is 7.02. The molecule has 0 saturated heterocycles. The fraction of sp³-hybridized carbons (Fsp3) is 0.0625. The van der Waals surface area contributed by atoms with Crippen LogP contribution in [0.4, 0.5) is 10.1 Å². The van der Waals surface area contributed by atoms with E-state index in [1.807, 2.05) is 12.1 Å². The van der Waals surface area contributed by atoms with Crippen molar-refractivity contribution in [2.24, 2.45) is 0 Å². The number of hydrogen-bond donors (Lipinski definition) is 0. The van der Waals surface area contributed by atoms with Gasteiger partial charge in [0.2, 0.25) is 5.69 Å². The Morgan fingerprint density at radius 3 is 1.94 bits per heavy atom. The SMILES string of the molecule is [C-]#[N+]c1cc(-c2ccc3ccc4c(-c5c(C)cccc5C)ccc5ccc2c3c54)cc(C#N)c1F. The highest BCUT2D eigenvalue weighted by Gasteiger charge is 2.18. The lowest BCUT2D eigenvalue weighted by atomic mass is 9.85. The van der Waals surface area contributed by atoms with Crippen LogP contribution < -0.4 is 0 Å². The van der Waals surface area contributed by atoms with Crippen LogP contribution in [0, 0.1) is 37.6 Å². The highest BCUT2D eigenvalue weighted by atomic mass is 19.1. The molecular weight excluding hydrogens is 431 g/mol. The van der Waals surface area contributed by atoms with Gasteiger partial charge in [-0.3, -0.25) is 0 Å². The molecule has 0 aliphatic carbocycles. The number of nitriles is 1. The summed E-state index contributed by atoms with van der Waals surface area (Å²) in [5.41, 5.74) is 6.23. The van der Waals surface area contributed by atoms with Gasteiger partial charge in [0.25, 0.3) is 0 Å². The zero-order chi connectivity index (χ0) is 24.3. The molecule has 3 heteroatoms. The first-order valence-electron chi connectivity index (χ1n) is 11.4. The maximum absolute atomic E-state index is 14.4. The molecule has 0 atom stereocenters. The lowest BCUT2D eigenvalue weighted by molar-refractivity contribution is 0.630. The van der Waals surface area contributed by atoms with Gasteiger partial charge in [-0.05, 0) is 91.7 Å². The van der Waals surface area contributed by atoms with E-state index in [9.17, 15) is 9.65 Å². The molecule has 6 aromatic carbocycles. The topological polar surface area (TPSA) is 28.1 Å². The summed E-state index contributed by atoms with van der Waals surface area (Å²) in [6.45, 7) is 11.7. The van der Waals surface area contributed by atoms with Gasteiger partial charge in [-0.1, -0.05) is 66.7 Å². The van der Waals surface area contributed by atoms with Gasteiger partial charge in [0, 0.05) is 0 Å². The summed E-state index contributed by atoms with van der Waals surface area (Å²) in [5.74, 6) is -0.762. The Bertz CT molecular complexity index is 1850. The summed E-state index contributed by atoms with van der Waals surface area (Å²) in [6, 6.07) is 28.4. The quantitative estimate of drug-likeness (QED) is 0.191. The molecular formula is C32H19FN2. The molecule has 0 radical (unpaired) electrons. The van der Waals surface area contributed by atoms with E-state index in [-0.39, 0.29) is 11.3 Å². The number of aryl methyl sites for hydroxylation is 2. The van der Waals surface area contributed by atoms with E-state index < -0.39 is 5.82 Å². The number of rotatable bonds is 2.